The lowest BCUT2D eigenvalue weighted by Gasteiger charge is -2.45. The van der Waals surface area contributed by atoms with Gasteiger partial charge >= 0.3 is 0 Å². The van der Waals surface area contributed by atoms with Gasteiger partial charge < -0.3 is 0 Å². The fraction of sp³-hybridized carbons (Fsp3) is 0.263. The molecule has 0 heterocycles. The average Bonchev–Trinajstić information content (AvgIpc) is 3.46. The topological polar surface area (TPSA) is 0 Å². The maximum atomic E-state index is 2.55. The minimum Gasteiger partial charge on any atom is -0.0738 e. The van der Waals surface area contributed by atoms with Crippen LogP contribution in [0, 0.1) is 25.2 Å². The maximum Gasteiger partial charge on any atom is 0.0529 e. The van der Waals surface area contributed by atoms with E-state index < -0.39 is 0 Å². The van der Waals surface area contributed by atoms with Crippen LogP contribution in [0.2, 0.25) is 0 Å². The molecule has 0 nitrogen and oxygen atoms in total. The molecule has 2 aliphatic rings. The Hall–Kier alpha value is -3.64. The van der Waals surface area contributed by atoms with E-state index in [9.17, 15) is 0 Å². The highest BCUT2D eigenvalue weighted by atomic mass is 14.5. The molecule has 0 aromatic heterocycles. The first kappa shape index (κ1) is 24.7. The molecule has 4 aromatic rings. The van der Waals surface area contributed by atoms with Gasteiger partial charge in [0, 0.05) is 5.92 Å². The largest absolute Gasteiger partial charge is 0.0738 e. The van der Waals surface area contributed by atoms with Gasteiger partial charge in [0.2, 0.25) is 0 Å². The van der Waals surface area contributed by atoms with Gasteiger partial charge in [-0.2, -0.15) is 0 Å². The third-order valence-electron chi connectivity index (χ3n) is 8.83. The Morgan fingerprint density at radius 2 is 1.03 bits per heavy atom. The quantitative estimate of drug-likeness (QED) is 0.265. The molecule has 0 spiro atoms. The molecule has 2 aliphatic carbocycles. The fourth-order valence-electron chi connectivity index (χ4n) is 6.90. The van der Waals surface area contributed by atoms with Gasteiger partial charge in [-0.3, -0.25) is 0 Å². The van der Waals surface area contributed by atoms with E-state index in [1.807, 2.05) is 0 Å². The zero-order chi connectivity index (χ0) is 26.7. The van der Waals surface area contributed by atoms with E-state index >= 15 is 0 Å². The zero-order valence-electron chi connectivity index (χ0n) is 23.5. The van der Waals surface area contributed by atoms with Crippen molar-refractivity contribution >= 4 is 0 Å². The zero-order valence-corrected chi connectivity index (χ0v) is 23.5. The van der Waals surface area contributed by atoms with Crippen molar-refractivity contribution in [1.82, 2.24) is 0 Å². The van der Waals surface area contributed by atoms with Gasteiger partial charge in [0.05, 0.1) is 5.41 Å². The highest BCUT2D eigenvalue weighted by Gasteiger charge is 2.52. The smallest absolute Gasteiger partial charge is 0.0529 e. The van der Waals surface area contributed by atoms with Crippen LogP contribution < -0.4 is 0 Å². The number of fused-ring (bicyclic) bond motifs is 3. The number of allylic oxidation sites excluding steroid dienone is 4. The molecule has 0 saturated heterocycles. The van der Waals surface area contributed by atoms with Crippen LogP contribution in [0.4, 0.5) is 0 Å². The Kier molecular flexibility index (Phi) is 5.84. The average molecular weight is 495 g/mol. The first-order valence-corrected chi connectivity index (χ1v) is 14.0. The van der Waals surface area contributed by atoms with Gasteiger partial charge in [-0.1, -0.05) is 148 Å². The van der Waals surface area contributed by atoms with E-state index in [2.05, 4.69) is 151 Å². The second-order valence-electron chi connectivity index (χ2n) is 12.4. The number of rotatable bonds is 4. The summed E-state index contributed by atoms with van der Waals surface area (Å²) >= 11 is 0. The molecule has 0 amide bonds. The molecule has 1 unspecified atom stereocenters. The Balaban J connectivity index is 1.76. The fourth-order valence-corrected chi connectivity index (χ4v) is 6.90. The van der Waals surface area contributed by atoms with Crippen LogP contribution in [0.15, 0.2) is 120 Å². The molecular formula is C38H38. The molecule has 1 atom stereocenters. The van der Waals surface area contributed by atoms with E-state index in [-0.39, 0.29) is 16.7 Å². The van der Waals surface area contributed by atoms with Crippen molar-refractivity contribution in [2.75, 3.05) is 0 Å². The predicted octanol–water partition coefficient (Wildman–Crippen LogP) is 9.95. The normalized spacial score (nSPS) is 17.2. The minimum absolute atomic E-state index is 0.0911. The number of hydrogen-bond acceptors (Lipinski definition) is 0. The Labute approximate surface area is 228 Å². The summed E-state index contributed by atoms with van der Waals surface area (Å²) in [5.74, 6) is 0.494. The first-order chi connectivity index (χ1) is 18.2. The molecule has 0 fully saturated rings. The van der Waals surface area contributed by atoms with Crippen LogP contribution in [0.25, 0.3) is 11.1 Å². The van der Waals surface area contributed by atoms with E-state index in [0.29, 0.717) is 5.92 Å². The monoisotopic (exact) mass is 494 g/mol. The molecule has 0 bridgehead atoms. The van der Waals surface area contributed by atoms with Crippen molar-refractivity contribution in [3.63, 3.8) is 0 Å². The first-order valence-electron chi connectivity index (χ1n) is 14.0. The van der Waals surface area contributed by atoms with Crippen LogP contribution >= 0.6 is 0 Å². The molecule has 0 aliphatic heterocycles. The van der Waals surface area contributed by atoms with Crippen LogP contribution in [0.1, 0.15) is 67.0 Å². The third kappa shape index (κ3) is 3.73. The lowest BCUT2D eigenvalue weighted by molar-refractivity contribution is 0.499. The summed E-state index contributed by atoms with van der Waals surface area (Å²) in [6.07, 6.45) is 5.06. The summed E-state index contributed by atoms with van der Waals surface area (Å²) in [6.45, 7) is 13.8. The Bertz CT molecular complexity index is 1460. The van der Waals surface area contributed by atoms with Crippen molar-refractivity contribution in [2.24, 2.45) is 11.3 Å². The summed E-state index contributed by atoms with van der Waals surface area (Å²) in [7, 11) is 0. The highest BCUT2D eigenvalue weighted by molar-refractivity contribution is 5.82. The molecule has 6 rings (SSSR count). The molecular weight excluding hydrogens is 456 g/mol. The lowest BCUT2D eigenvalue weighted by Crippen LogP contribution is -2.38. The summed E-state index contributed by atoms with van der Waals surface area (Å²) in [5, 5.41) is 0. The van der Waals surface area contributed by atoms with Gasteiger partial charge in [-0.15, -0.1) is 0 Å². The highest BCUT2D eigenvalue weighted by Crippen LogP contribution is 2.61. The second kappa shape index (κ2) is 8.98. The van der Waals surface area contributed by atoms with E-state index in [0.717, 1.165) is 0 Å². The summed E-state index contributed by atoms with van der Waals surface area (Å²) < 4.78 is 0. The van der Waals surface area contributed by atoms with Crippen molar-refractivity contribution in [1.29, 1.82) is 0 Å². The van der Waals surface area contributed by atoms with Gasteiger partial charge in [0.25, 0.3) is 0 Å². The number of hydrogen-bond donors (Lipinski definition) is 0. The van der Waals surface area contributed by atoms with Crippen molar-refractivity contribution < 1.29 is 0 Å². The van der Waals surface area contributed by atoms with Crippen molar-refractivity contribution in [2.45, 2.75) is 52.9 Å². The van der Waals surface area contributed by atoms with E-state index in [1.54, 1.807) is 0 Å². The SMILES string of the molecule is Cc1ccc(C(C2=CC(C(C)(C)C)=CC2C)(c2ccc(C)cc2)C2c3ccccc3-c3ccccc32)cc1. The van der Waals surface area contributed by atoms with Crippen LogP contribution in [0.5, 0.6) is 0 Å². The van der Waals surface area contributed by atoms with Crippen LogP contribution in [0.3, 0.4) is 0 Å². The van der Waals surface area contributed by atoms with Gasteiger partial charge in [0.1, 0.15) is 0 Å². The molecule has 0 radical (unpaired) electrons. The van der Waals surface area contributed by atoms with Gasteiger partial charge in [0.15, 0.2) is 0 Å². The molecule has 190 valence electrons. The molecule has 0 heteroatoms. The lowest BCUT2D eigenvalue weighted by atomic mass is 9.57. The predicted molar refractivity (Wildman–Crippen MR) is 162 cm³/mol. The third-order valence-corrected chi connectivity index (χ3v) is 8.83. The summed E-state index contributed by atoms with van der Waals surface area (Å²) in [4.78, 5) is 0. The van der Waals surface area contributed by atoms with E-state index in [4.69, 9.17) is 0 Å². The maximum absolute atomic E-state index is 2.55. The molecule has 0 N–H and O–H groups in total. The van der Waals surface area contributed by atoms with Gasteiger partial charge in [-0.05, 0) is 69.7 Å². The number of aryl methyl sites for hydroxylation is 2. The van der Waals surface area contributed by atoms with E-state index in [1.165, 1.54) is 55.7 Å². The van der Waals surface area contributed by atoms with Crippen LogP contribution in [-0.2, 0) is 5.41 Å². The van der Waals surface area contributed by atoms with Crippen molar-refractivity contribution in [3.05, 3.63) is 154 Å². The van der Waals surface area contributed by atoms with Gasteiger partial charge in [-0.25, -0.2) is 0 Å². The molecule has 0 saturated carbocycles. The minimum atomic E-state index is -0.354. The molecule has 38 heavy (non-hydrogen) atoms. The van der Waals surface area contributed by atoms with Crippen LogP contribution in [-0.4, -0.2) is 0 Å². The summed E-state index contributed by atoms with van der Waals surface area (Å²) in [6, 6.07) is 36.9. The Morgan fingerprint density at radius 3 is 1.45 bits per heavy atom. The number of benzene rings is 4. The Morgan fingerprint density at radius 1 is 0.579 bits per heavy atom. The standard InChI is InChI=1S/C38H38/c1-25-15-19-28(20-16-25)38(29-21-17-26(2)18-22-29,35-24-30(23-27(35)3)37(4,5)6)36-33-13-9-7-11-31(33)32-12-8-10-14-34(32)36/h7-24,27,36H,1-6H3. The summed E-state index contributed by atoms with van der Waals surface area (Å²) in [5.41, 5.74) is 13.6. The van der Waals surface area contributed by atoms with Crippen molar-refractivity contribution in [3.8, 4) is 11.1 Å². The second-order valence-corrected chi connectivity index (χ2v) is 12.4. The molecule has 4 aromatic carbocycles.